The molecule has 0 aliphatic heterocycles. The predicted octanol–water partition coefficient (Wildman–Crippen LogP) is 16.9. The first-order chi connectivity index (χ1) is 31.6. The third kappa shape index (κ3) is 49.9. The third-order valence-corrected chi connectivity index (χ3v) is 9.23. The average Bonchev–Trinajstić information content (AvgIpc) is 3.30. The summed E-state index contributed by atoms with van der Waals surface area (Å²) < 4.78 is 17.2. The zero-order valence-corrected chi connectivity index (χ0v) is 40.5. The van der Waals surface area contributed by atoms with Crippen LogP contribution in [0.2, 0.25) is 0 Å². The van der Waals surface area contributed by atoms with Gasteiger partial charge < -0.3 is 14.2 Å². The highest BCUT2D eigenvalue weighted by Gasteiger charge is 2.17. The van der Waals surface area contributed by atoms with Gasteiger partial charge in [-0.3, -0.25) is 9.59 Å². The van der Waals surface area contributed by atoms with Crippen molar-refractivity contribution in [1.82, 2.24) is 0 Å². The fourth-order valence-electron chi connectivity index (χ4n) is 5.70. The van der Waals surface area contributed by atoms with E-state index in [9.17, 15) is 9.59 Å². The molecule has 5 nitrogen and oxygen atoms in total. The lowest BCUT2D eigenvalue weighted by atomic mass is 10.2. The Kier molecular flexibility index (Phi) is 48.7. The van der Waals surface area contributed by atoms with Gasteiger partial charge in [-0.1, -0.05) is 191 Å². The summed E-state index contributed by atoms with van der Waals surface area (Å²) in [5.41, 5.74) is 0. The highest BCUT2D eigenvalue weighted by atomic mass is 16.6. The van der Waals surface area contributed by atoms with Gasteiger partial charge in [0.1, 0.15) is 6.61 Å². The number of unbranched alkanes of at least 4 members (excludes halogenated alkanes) is 3. The van der Waals surface area contributed by atoms with Crippen LogP contribution in [0.5, 0.6) is 0 Å². The molecule has 0 aromatic heterocycles. The van der Waals surface area contributed by atoms with E-state index in [2.05, 4.69) is 191 Å². The minimum atomic E-state index is -0.631. The van der Waals surface area contributed by atoms with E-state index in [1.807, 2.05) is 0 Å². The normalized spacial score (nSPS) is 13.7. The van der Waals surface area contributed by atoms with E-state index in [1.165, 1.54) is 0 Å². The second-order valence-corrected chi connectivity index (χ2v) is 15.2. The zero-order chi connectivity index (χ0) is 46.3. The van der Waals surface area contributed by atoms with Crippen LogP contribution in [0, 0.1) is 0 Å². The van der Waals surface area contributed by atoms with Crippen LogP contribution in [0.3, 0.4) is 0 Å². The molecule has 0 spiro atoms. The van der Waals surface area contributed by atoms with Crippen LogP contribution in [-0.4, -0.2) is 37.9 Å². The molecule has 0 aliphatic rings. The van der Waals surface area contributed by atoms with Gasteiger partial charge in [0.2, 0.25) is 0 Å². The van der Waals surface area contributed by atoms with Crippen molar-refractivity contribution in [2.75, 3.05) is 19.8 Å². The van der Waals surface area contributed by atoms with Gasteiger partial charge in [0.25, 0.3) is 0 Å². The molecule has 0 amide bonds. The van der Waals surface area contributed by atoms with Crippen molar-refractivity contribution in [3.8, 4) is 0 Å². The molecular formula is C59H88O5. The molecule has 0 heterocycles. The summed E-state index contributed by atoms with van der Waals surface area (Å²) >= 11 is 0. The fraction of sp³-hybridized carbons (Fsp3) is 0.492. The van der Waals surface area contributed by atoms with E-state index < -0.39 is 6.10 Å². The molecule has 354 valence electrons. The van der Waals surface area contributed by atoms with E-state index in [-0.39, 0.29) is 25.2 Å². The first-order valence-electron chi connectivity index (χ1n) is 24.7. The number of esters is 2. The molecule has 64 heavy (non-hydrogen) atoms. The van der Waals surface area contributed by atoms with Crippen LogP contribution in [0.1, 0.15) is 162 Å². The Hall–Kier alpha value is -4.74. The number of allylic oxidation sites excluding steroid dienone is 28. The molecule has 1 unspecified atom stereocenters. The van der Waals surface area contributed by atoms with E-state index in [0.717, 1.165) is 116 Å². The SMILES string of the molecule is CC/C=C\C/C=C\C/C=C\C/C=C\C/C=C\CCCC(=O)OCC(COCCC/C=C\C/C=C\C/C=C\C/C=C\CC)OC(=O)CCC/C=C\C/C=C\C/C=C\C/C=C\C/C=C\CC. The predicted molar refractivity (Wildman–Crippen MR) is 278 cm³/mol. The van der Waals surface area contributed by atoms with Crippen LogP contribution in [-0.2, 0) is 23.8 Å². The lowest BCUT2D eigenvalue weighted by Crippen LogP contribution is -2.30. The fourth-order valence-corrected chi connectivity index (χ4v) is 5.70. The molecule has 0 saturated carbocycles. The first kappa shape index (κ1) is 59.3. The van der Waals surface area contributed by atoms with Crippen LogP contribution in [0.25, 0.3) is 0 Å². The lowest BCUT2D eigenvalue weighted by Gasteiger charge is -2.18. The minimum absolute atomic E-state index is 0.00210. The monoisotopic (exact) mass is 877 g/mol. The Bertz CT molecular complexity index is 1500. The van der Waals surface area contributed by atoms with Gasteiger partial charge in [-0.15, -0.1) is 0 Å². The summed E-state index contributed by atoms with van der Waals surface area (Å²) in [5.74, 6) is -0.582. The molecule has 0 radical (unpaired) electrons. The highest BCUT2D eigenvalue weighted by molar-refractivity contribution is 5.70. The van der Waals surface area contributed by atoms with Crippen molar-refractivity contribution in [2.45, 2.75) is 168 Å². The van der Waals surface area contributed by atoms with Gasteiger partial charge in [-0.05, 0) is 128 Å². The van der Waals surface area contributed by atoms with E-state index in [4.69, 9.17) is 14.2 Å². The summed E-state index contributed by atoms with van der Waals surface area (Å²) in [5, 5.41) is 0. The van der Waals surface area contributed by atoms with E-state index in [1.54, 1.807) is 0 Å². The molecule has 1 atom stereocenters. The molecule has 0 rings (SSSR count). The second kappa shape index (κ2) is 52.6. The highest BCUT2D eigenvalue weighted by Crippen LogP contribution is 2.08. The van der Waals surface area contributed by atoms with Crippen LogP contribution >= 0.6 is 0 Å². The molecule has 0 bridgehead atoms. The van der Waals surface area contributed by atoms with Crippen LogP contribution in [0.4, 0.5) is 0 Å². The molecule has 0 aromatic carbocycles. The summed E-state index contributed by atoms with van der Waals surface area (Å²) in [7, 11) is 0. The van der Waals surface area contributed by atoms with E-state index in [0.29, 0.717) is 32.3 Å². The number of hydrogen-bond donors (Lipinski definition) is 0. The molecule has 0 aromatic rings. The third-order valence-electron chi connectivity index (χ3n) is 9.23. The summed E-state index contributed by atoms with van der Waals surface area (Å²) in [6.45, 7) is 7.18. The van der Waals surface area contributed by atoms with Gasteiger partial charge >= 0.3 is 11.9 Å². The van der Waals surface area contributed by atoms with Gasteiger partial charge in [-0.2, -0.15) is 0 Å². The Balaban J connectivity index is 4.59. The van der Waals surface area contributed by atoms with Crippen molar-refractivity contribution in [3.63, 3.8) is 0 Å². The molecule has 0 saturated heterocycles. The molecule has 0 aliphatic carbocycles. The van der Waals surface area contributed by atoms with Gasteiger partial charge in [0, 0.05) is 19.4 Å². The molecule has 0 fully saturated rings. The van der Waals surface area contributed by atoms with Crippen LogP contribution < -0.4 is 0 Å². The number of carbonyl (C=O) groups excluding carboxylic acids is 2. The topological polar surface area (TPSA) is 61.8 Å². The number of carbonyl (C=O) groups is 2. The average molecular weight is 877 g/mol. The van der Waals surface area contributed by atoms with Crippen molar-refractivity contribution in [3.05, 3.63) is 170 Å². The quantitative estimate of drug-likeness (QED) is 0.0347. The van der Waals surface area contributed by atoms with Crippen molar-refractivity contribution in [2.24, 2.45) is 0 Å². The van der Waals surface area contributed by atoms with Crippen molar-refractivity contribution in [1.29, 1.82) is 0 Å². The maximum atomic E-state index is 12.8. The van der Waals surface area contributed by atoms with Gasteiger partial charge in [-0.25, -0.2) is 0 Å². The standard InChI is InChI=1S/C59H88O5/c1-4-7-10-13-16-19-22-25-28-30-32-34-37-40-43-46-49-52-58(60)63-56-57(55-62-54-51-48-45-42-39-36-27-24-21-18-15-12-9-6-3)64-59(61)53-50-47-44-41-38-35-33-31-29-26-23-20-17-14-11-8-5-2/h7-12,16-21,25-29,32-36,40-45,57H,4-6,13-15,22-24,30-31,37-39,46-56H2,1-3H3/b10-7-,11-8-,12-9-,19-16-,20-17-,21-18-,28-25-,29-26-,34-32-,35-33-,36-27-,43-40-,44-41-,45-42-. The molecular weight excluding hydrogens is 789 g/mol. The van der Waals surface area contributed by atoms with E-state index >= 15 is 0 Å². The smallest absolute Gasteiger partial charge is 0.306 e. The second-order valence-electron chi connectivity index (χ2n) is 15.2. The number of rotatable bonds is 42. The first-order valence-corrected chi connectivity index (χ1v) is 24.7. The van der Waals surface area contributed by atoms with Crippen LogP contribution in [0.15, 0.2) is 170 Å². The molecule has 0 N–H and O–H groups in total. The van der Waals surface area contributed by atoms with Gasteiger partial charge in [0.15, 0.2) is 6.10 Å². The Morgan fingerprint density at radius 2 is 0.625 bits per heavy atom. The van der Waals surface area contributed by atoms with Gasteiger partial charge in [0.05, 0.1) is 6.61 Å². The summed E-state index contributed by atoms with van der Waals surface area (Å²) in [4.78, 5) is 25.3. The van der Waals surface area contributed by atoms with Crippen molar-refractivity contribution >= 4 is 11.9 Å². The lowest BCUT2D eigenvalue weighted by molar-refractivity contribution is -0.162. The number of ether oxygens (including phenoxy) is 3. The maximum absolute atomic E-state index is 12.8. The Morgan fingerprint density at radius 3 is 0.953 bits per heavy atom. The summed E-state index contributed by atoms with van der Waals surface area (Å²) in [6.07, 6.45) is 79.5. The Morgan fingerprint density at radius 1 is 0.344 bits per heavy atom. The Labute approximate surface area is 392 Å². The minimum Gasteiger partial charge on any atom is -0.462 e. The maximum Gasteiger partial charge on any atom is 0.306 e. The largest absolute Gasteiger partial charge is 0.462 e. The summed E-state index contributed by atoms with van der Waals surface area (Å²) in [6, 6.07) is 0. The van der Waals surface area contributed by atoms with Crippen molar-refractivity contribution < 1.29 is 23.8 Å². The molecule has 5 heteroatoms. The zero-order valence-electron chi connectivity index (χ0n) is 40.5. The number of hydrogen-bond acceptors (Lipinski definition) is 5.